The standard InChI is InChI=1S/C17H23BrClNS/c1-2-20-15(14-6-13(19)16(18)21-14)17-7-10-3-11(8-17)5-12(4-10)9-17/h6,10-12,15,20H,2-5,7-9H2,1H3. The molecule has 0 amide bonds. The lowest BCUT2D eigenvalue weighted by Gasteiger charge is -2.59. The van der Waals surface area contributed by atoms with Gasteiger partial charge in [0.05, 0.1) is 8.81 Å². The summed E-state index contributed by atoms with van der Waals surface area (Å²) in [5.41, 5.74) is 0.498. The first-order valence-corrected chi connectivity index (χ1v) is 10.3. The molecule has 5 rings (SSSR count). The summed E-state index contributed by atoms with van der Waals surface area (Å²) >= 11 is 11.8. The third kappa shape index (κ3) is 2.52. The van der Waals surface area contributed by atoms with E-state index in [1.807, 2.05) is 11.3 Å². The van der Waals surface area contributed by atoms with Crippen molar-refractivity contribution >= 4 is 38.9 Å². The van der Waals surface area contributed by atoms with Crippen molar-refractivity contribution in [3.05, 3.63) is 19.8 Å². The van der Waals surface area contributed by atoms with Crippen LogP contribution in [-0.2, 0) is 0 Å². The molecule has 4 heteroatoms. The molecule has 1 heterocycles. The second-order valence-corrected chi connectivity index (χ2v) is 10.3. The van der Waals surface area contributed by atoms with Crippen molar-refractivity contribution in [2.24, 2.45) is 23.2 Å². The van der Waals surface area contributed by atoms with Gasteiger partial charge in [-0.1, -0.05) is 18.5 Å². The van der Waals surface area contributed by atoms with Crippen LogP contribution in [-0.4, -0.2) is 6.54 Å². The van der Waals surface area contributed by atoms with Crippen LogP contribution in [0.3, 0.4) is 0 Å². The highest BCUT2D eigenvalue weighted by atomic mass is 79.9. The van der Waals surface area contributed by atoms with Gasteiger partial charge in [-0.3, -0.25) is 0 Å². The van der Waals surface area contributed by atoms with Crippen molar-refractivity contribution in [1.82, 2.24) is 5.32 Å². The second-order valence-electron chi connectivity index (χ2n) is 7.54. The normalized spacial score (nSPS) is 38.9. The summed E-state index contributed by atoms with van der Waals surface area (Å²) in [6.45, 7) is 3.28. The molecule has 4 bridgehead atoms. The SMILES string of the molecule is CCNC(c1cc(Cl)c(Br)s1)C12CC3CC(CC(C3)C1)C2. The molecule has 116 valence electrons. The Hall–Kier alpha value is 0.430. The zero-order valence-electron chi connectivity index (χ0n) is 12.5. The Kier molecular flexibility index (Phi) is 3.93. The Balaban J connectivity index is 1.70. The van der Waals surface area contributed by atoms with Crippen LogP contribution in [0, 0.1) is 23.2 Å². The predicted octanol–water partition coefficient (Wildman–Crippen LogP) is 6.03. The van der Waals surface area contributed by atoms with E-state index in [9.17, 15) is 0 Å². The lowest BCUT2D eigenvalue weighted by Crippen LogP contribution is -2.51. The van der Waals surface area contributed by atoms with Crippen LogP contribution in [0.4, 0.5) is 0 Å². The van der Waals surface area contributed by atoms with Crippen molar-refractivity contribution in [3.8, 4) is 0 Å². The fourth-order valence-electron chi connectivity index (χ4n) is 5.86. The lowest BCUT2D eigenvalue weighted by atomic mass is 9.47. The number of nitrogens with one attached hydrogen (secondary N) is 1. The molecule has 1 nitrogen and oxygen atoms in total. The lowest BCUT2D eigenvalue weighted by molar-refractivity contribution is -0.0739. The summed E-state index contributed by atoms with van der Waals surface area (Å²) in [6, 6.07) is 2.70. The Morgan fingerprint density at radius 3 is 2.29 bits per heavy atom. The fraction of sp³-hybridized carbons (Fsp3) is 0.765. The largest absolute Gasteiger partial charge is 0.309 e. The molecule has 21 heavy (non-hydrogen) atoms. The molecule has 0 aromatic carbocycles. The zero-order valence-corrected chi connectivity index (χ0v) is 15.7. The van der Waals surface area contributed by atoms with Crippen LogP contribution in [0.2, 0.25) is 5.02 Å². The van der Waals surface area contributed by atoms with Crippen LogP contribution in [0.5, 0.6) is 0 Å². The molecule has 0 saturated heterocycles. The van der Waals surface area contributed by atoms with E-state index >= 15 is 0 Å². The van der Waals surface area contributed by atoms with Gasteiger partial charge in [-0.25, -0.2) is 0 Å². The van der Waals surface area contributed by atoms with Crippen LogP contribution in [0.15, 0.2) is 9.85 Å². The van der Waals surface area contributed by atoms with Gasteiger partial charge in [0.1, 0.15) is 0 Å². The molecule has 1 atom stereocenters. The van der Waals surface area contributed by atoms with Gasteiger partial charge in [0.2, 0.25) is 0 Å². The van der Waals surface area contributed by atoms with Crippen molar-refractivity contribution < 1.29 is 0 Å². The number of halogens is 2. The molecule has 1 aromatic heterocycles. The van der Waals surface area contributed by atoms with Crippen LogP contribution in [0.1, 0.15) is 56.4 Å². The molecule has 4 aliphatic carbocycles. The van der Waals surface area contributed by atoms with Gasteiger partial charge in [-0.2, -0.15) is 0 Å². The van der Waals surface area contributed by atoms with E-state index in [0.717, 1.165) is 33.1 Å². The van der Waals surface area contributed by atoms with Crippen LogP contribution >= 0.6 is 38.9 Å². The first kappa shape index (κ1) is 15.0. The number of rotatable bonds is 4. The summed E-state index contributed by atoms with van der Waals surface area (Å²) in [4.78, 5) is 1.44. The molecule has 1 N–H and O–H groups in total. The number of hydrogen-bond donors (Lipinski definition) is 1. The van der Waals surface area contributed by atoms with Gasteiger partial charge in [0.25, 0.3) is 0 Å². The zero-order chi connectivity index (χ0) is 14.6. The van der Waals surface area contributed by atoms with Crippen molar-refractivity contribution in [1.29, 1.82) is 0 Å². The smallest absolute Gasteiger partial charge is 0.0888 e. The van der Waals surface area contributed by atoms with Crippen LogP contribution in [0.25, 0.3) is 0 Å². The van der Waals surface area contributed by atoms with Crippen molar-refractivity contribution in [2.45, 2.75) is 51.5 Å². The predicted molar refractivity (Wildman–Crippen MR) is 94.1 cm³/mol. The number of thiophene rings is 1. The highest BCUT2D eigenvalue weighted by Gasteiger charge is 2.54. The summed E-state index contributed by atoms with van der Waals surface area (Å²) in [6.07, 6.45) is 8.82. The molecule has 0 spiro atoms. The summed E-state index contributed by atoms with van der Waals surface area (Å²) < 4.78 is 1.09. The minimum atomic E-state index is 0.498. The summed E-state index contributed by atoms with van der Waals surface area (Å²) in [5.74, 6) is 2.99. The van der Waals surface area contributed by atoms with E-state index in [2.05, 4.69) is 34.2 Å². The fourth-order valence-corrected chi connectivity index (χ4v) is 7.82. The van der Waals surface area contributed by atoms with Crippen molar-refractivity contribution in [2.75, 3.05) is 6.54 Å². The van der Waals surface area contributed by atoms with Gasteiger partial charge in [0, 0.05) is 10.9 Å². The Morgan fingerprint density at radius 2 is 1.86 bits per heavy atom. The monoisotopic (exact) mass is 387 g/mol. The molecule has 1 unspecified atom stereocenters. The number of hydrogen-bond acceptors (Lipinski definition) is 2. The van der Waals surface area contributed by atoms with E-state index in [1.54, 1.807) is 0 Å². The summed E-state index contributed by atoms with van der Waals surface area (Å²) in [5, 5.41) is 4.70. The van der Waals surface area contributed by atoms with Gasteiger partial charge in [-0.15, -0.1) is 11.3 Å². The van der Waals surface area contributed by atoms with E-state index in [4.69, 9.17) is 11.6 Å². The third-order valence-electron chi connectivity index (χ3n) is 6.05. The minimum Gasteiger partial charge on any atom is -0.309 e. The van der Waals surface area contributed by atoms with Gasteiger partial charge >= 0.3 is 0 Å². The summed E-state index contributed by atoms with van der Waals surface area (Å²) in [7, 11) is 0. The van der Waals surface area contributed by atoms with E-state index in [0.29, 0.717) is 11.5 Å². The molecule has 0 aliphatic heterocycles. The van der Waals surface area contributed by atoms with E-state index in [1.165, 1.54) is 43.4 Å². The first-order valence-electron chi connectivity index (χ1n) is 8.28. The molecule has 4 fully saturated rings. The third-order valence-corrected chi connectivity index (χ3v) is 8.59. The molecule has 4 saturated carbocycles. The first-order chi connectivity index (χ1) is 10.1. The Morgan fingerprint density at radius 1 is 1.29 bits per heavy atom. The molecule has 4 aliphatic rings. The quantitative estimate of drug-likeness (QED) is 0.664. The molecule has 0 radical (unpaired) electrons. The molecular formula is C17H23BrClNS. The van der Waals surface area contributed by atoms with Crippen LogP contribution < -0.4 is 5.32 Å². The van der Waals surface area contributed by atoms with Gasteiger partial charge in [-0.05, 0) is 90.2 Å². The van der Waals surface area contributed by atoms with E-state index in [-0.39, 0.29) is 0 Å². The average molecular weight is 389 g/mol. The Bertz CT molecular complexity index is 486. The highest BCUT2D eigenvalue weighted by Crippen LogP contribution is 2.64. The highest BCUT2D eigenvalue weighted by molar-refractivity contribution is 9.11. The minimum absolute atomic E-state index is 0.498. The van der Waals surface area contributed by atoms with Gasteiger partial charge < -0.3 is 5.32 Å². The average Bonchev–Trinajstić information content (AvgIpc) is 2.74. The molecular weight excluding hydrogens is 366 g/mol. The second kappa shape index (κ2) is 5.51. The van der Waals surface area contributed by atoms with E-state index < -0.39 is 0 Å². The van der Waals surface area contributed by atoms with Crippen molar-refractivity contribution in [3.63, 3.8) is 0 Å². The maximum Gasteiger partial charge on any atom is 0.0888 e. The maximum absolute atomic E-state index is 6.32. The maximum atomic E-state index is 6.32. The van der Waals surface area contributed by atoms with Gasteiger partial charge in [0.15, 0.2) is 0 Å². The molecule has 1 aromatic rings. The Labute approximate surface area is 145 Å². The topological polar surface area (TPSA) is 12.0 Å².